The fourth-order valence-corrected chi connectivity index (χ4v) is 2.62. The molecule has 2 aromatic rings. The lowest BCUT2D eigenvalue weighted by molar-refractivity contribution is -0.384. The van der Waals surface area contributed by atoms with Gasteiger partial charge in [0.1, 0.15) is 11.7 Å². The SMILES string of the molecule is CC(Nc1ccc(C(=O)N[C@@H](C(=O)O)C(C)C)cc1[N+](=O)[O-])c1ccccn1. The van der Waals surface area contributed by atoms with Crippen molar-refractivity contribution in [3.63, 3.8) is 0 Å². The van der Waals surface area contributed by atoms with Crippen molar-refractivity contribution in [3.8, 4) is 0 Å². The van der Waals surface area contributed by atoms with E-state index in [2.05, 4.69) is 15.6 Å². The van der Waals surface area contributed by atoms with Crippen LogP contribution in [0.3, 0.4) is 0 Å². The van der Waals surface area contributed by atoms with Crippen molar-refractivity contribution in [1.82, 2.24) is 10.3 Å². The third-order valence-corrected chi connectivity index (χ3v) is 4.18. The zero-order valence-corrected chi connectivity index (χ0v) is 15.7. The number of anilines is 1. The zero-order chi connectivity index (χ0) is 20.8. The van der Waals surface area contributed by atoms with Gasteiger partial charge < -0.3 is 15.7 Å². The first kappa shape index (κ1) is 20.8. The molecule has 0 fully saturated rings. The fourth-order valence-electron chi connectivity index (χ4n) is 2.62. The minimum atomic E-state index is -1.17. The first-order valence-corrected chi connectivity index (χ1v) is 8.70. The number of carboxylic acids is 1. The number of rotatable bonds is 8. The first-order valence-electron chi connectivity index (χ1n) is 8.70. The van der Waals surface area contributed by atoms with E-state index in [1.165, 1.54) is 12.1 Å². The van der Waals surface area contributed by atoms with Crippen molar-refractivity contribution in [2.75, 3.05) is 5.32 Å². The number of hydrogen-bond acceptors (Lipinski definition) is 6. The van der Waals surface area contributed by atoms with Gasteiger partial charge in [0, 0.05) is 17.8 Å². The van der Waals surface area contributed by atoms with Gasteiger partial charge in [0.15, 0.2) is 0 Å². The molecule has 1 heterocycles. The van der Waals surface area contributed by atoms with E-state index >= 15 is 0 Å². The monoisotopic (exact) mass is 386 g/mol. The zero-order valence-electron chi connectivity index (χ0n) is 15.7. The van der Waals surface area contributed by atoms with E-state index in [1.807, 2.05) is 13.0 Å². The van der Waals surface area contributed by atoms with Gasteiger partial charge in [-0.15, -0.1) is 0 Å². The lowest BCUT2D eigenvalue weighted by Crippen LogP contribution is -2.44. The average molecular weight is 386 g/mol. The molecule has 1 aromatic carbocycles. The summed E-state index contributed by atoms with van der Waals surface area (Å²) in [6.07, 6.45) is 1.63. The number of carbonyl (C=O) groups excluding carboxylic acids is 1. The van der Waals surface area contributed by atoms with Crippen LogP contribution >= 0.6 is 0 Å². The molecule has 2 atom stereocenters. The molecule has 1 amide bonds. The number of pyridine rings is 1. The van der Waals surface area contributed by atoms with E-state index in [-0.39, 0.29) is 28.9 Å². The van der Waals surface area contributed by atoms with E-state index in [0.717, 1.165) is 6.07 Å². The van der Waals surface area contributed by atoms with Crippen LogP contribution in [0.2, 0.25) is 0 Å². The Hall–Kier alpha value is -3.49. The molecule has 0 aliphatic rings. The summed E-state index contributed by atoms with van der Waals surface area (Å²) < 4.78 is 0. The number of nitrogens with zero attached hydrogens (tertiary/aromatic N) is 2. The van der Waals surface area contributed by atoms with E-state index in [4.69, 9.17) is 0 Å². The number of amides is 1. The molecular weight excluding hydrogens is 364 g/mol. The van der Waals surface area contributed by atoms with Crippen LogP contribution in [-0.2, 0) is 4.79 Å². The lowest BCUT2D eigenvalue weighted by Gasteiger charge is -2.18. The molecule has 0 spiro atoms. The topological polar surface area (TPSA) is 134 Å². The summed E-state index contributed by atoms with van der Waals surface area (Å²) in [5.41, 5.74) is 0.666. The Morgan fingerprint density at radius 1 is 1.18 bits per heavy atom. The van der Waals surface area contributed by atoms with Crippen molar-refractivity contribution in [3.05, 3.63) is 64.0 Å². The van der Waals surface area contributed by atoms with Gasteiger partial charge in [-0.1, -0.05) is 19.9 Å². The van der Waals surface area contributed by atoms with E-state index in [1.54, 1.807) is 32.2 Å². The number of aromatic nitrogens is 1. The molecule has 0 aliphatic carbocycles. The highest BCUT2D eigenvalue weighted by Gasteiger charge is 2.25. The second-order valence-corrected chi connectivity index (χ2v) is 6.64. The van der Waals surface area contributed by atoms with Crippen LogP contribution in [0.15, 0.2) is 42.6 Å². The maximum Gasteiger partial charge on any atom is 0.326 e. The Bertz CT molecular complexity index is 870. The van der Waals surface area contributed by atoms with E-state index < -0.39 is 22.8 Å². The number of nitro groups is 1. The molecule has 0 saturated carbocycles. The van der Waals surface area contributed by atoms with Crippen LogP contribution in [0.4, 0.5) is 11.4 Å². The number of nitro benzene ring substituents is 1. The van der Waals surface area contributed by atoms with Crippen molar-refractivity contribution < 1.29 is 19.6 Å². The Balaban J connectivity index is 2.26. The Morgan fingerprint density at radius 2 is 1.89 bits per heavy atom. The van der Waals surface area contributed by atoms with Gasteiger partial charge in [-0.2, -0.15) is 0 Å². The highest BCUT2D eigenvalue weighted by molar-refractivity contribution is 5.97. The highest BCUT2D eigenvalue weighted by Crippen LogP contribution is 2.29. The van der Waals surface area contributed by atoms with Gasteiger partial charge in [0.2, 0.25) is 0 Å². The number of aliphatic carboxylic acids is 1. The third-order valence-electron chi connectivity index (χ3n) is 4.18. The summed E-state index contributed by atoms with van der Waals surface area (Å²) >= 11 is 0. The molecule has 28 heavy (non-hydrogen) atoms. The predicted molar refractivity (Wildman–Crippen MR) is 103 cm³/mol. The second kappa shape index (κ2) is 8.94. The third kappa shape index (κ3) is 5.03. The molecule has 0 bridgehead atoms. The summed E-state index contributed by atoms with van der Waals surface area (Å²) in [4.78, 5) is 38.7. The molecule has 2 rings (SSSR count). The van der Waals surface area contributed by atoms with Crippen LogP contribution < -0.4 is 10.6 Å². The average Bonchev–Trinajstić information content (AvgIpc) is 2.66. The summed E-state index contributed by atoms with van der Waals surface area (Å²) in [5.74, 6) is -2.19. The number of carbonyl (C=O) groups is 2. The summed E-state index contributed by atoms with van der Waals surface area (Å²) in [7, 11) is 0. The summed E-state index contributed by atoms with van der Waals surface area (Å²) in [5, 5.41) is 26.1. The maximum atomic E-state index is 12.4. The Kier molecular flexibility index (Phi) is 6.64. The normalized spacial score (nSPS) is 12.9. The van der Waals surface area contributed by atoms with Gasteiger partial charge in [0.25, 0.3) is 11.6 Å². The summed E-state index contributed by atoms with van der Waals surface area (Å²) in [6, 6.07) is 7.96. The molecule has 0 radical (unpaired) electrons. The molecule has 1 unspecified atom stereocenters. The van der Waals surface area contributed by atoms with Gasteiger partial charge in [-0.05, 0) is 37.1 Å². The number of hydrogen-bond donors (Lipinski definition) is 3. The van der Waals surface area contributed by atoms with Crippen molar-refractivity contribution in [1.29, 1.82) is 0 Å². The van der Waals surface area contributed by atoms with Gasteiger partial charge in [-0.25, -0.2) is 4.79 Å². The predicted octanol–water partition coefficient (Wildman–Crippen LogP) is 3.00. The minimum Gasteiger partial charge on any atom is -0.480 e. The smallest absolute Gasteiger partial charge is 0.326 e. The molecule has 0 aliphatic heterocycles. The highest BCUT2D eigenvalue weighted by atomic mass is 16.6. The molecule has 9 nitrogen and oxygen atoms in total. The molecule has 1 aromatic heterocycles. The Labute approximate surface area is 161 Å². The molecule has 0 saturated heterocycles. The Morgan fingerprint density at radius 3 is 2.43 bits per heavy atom. The fraction of sp³-hybridized carbons (Fsp3) is 0.316. The maximum absolute atomic E-state index is 12.4. The largest absolute Gasteiger partial charge is 0.480 e. The number of nitrogens with one attached hydrogen (secondary N) is 2. The summed E-state index contributed by atoms with van der Waals surface area (Å²) in [6.45, 7) is 5.13. The molecule has 148 valence electrons. The van der Waals surface area contributed by atoms with E-state index in [9.17, 15) is 24.8 Å². The standard InChI is InChI=1S/C19H22N4O5/c1-11(2)17(19(25)26)22-18(24)13-7-8-15(16(10-13)23(27)28)21-12(3)14-6-4-5-9-20-14/h4-12,17,21H,1-3H3,(H,22,24)(H,25,26)/t12?,17-/m1/s1. The van der Waals surface area contributed by atoms with Crippen LogP contribution in [0.5, 0.6) is 0 Å². The molecule has 3 N–H and O–H groups in total. The van der Waals surface area contributed by atoms with Gasteiger partial charge >= 0.3 is 5.97 Å². The van der Waals surface area contributed by atoms with Gasteiger partial charge in [-0.3, -0.25) is 19.9 Å². The first-order chi connectivity index (χ1) is 13.2. The van der Waals surface area contributed by atoms with Crippen molar-refractivity contribution in [2.24, 2.45) is 5.92 Å². The number of carboxylic acid groups (broad SMARTS) is 1. The number of benzene rings is 1. The second-order valence-electron chi connectivity index (χ2n) is 6.64. The van der Waals surface area contributed by atoms with Gasteiger partial charge in [0.05, 0.1) is 16.7 Å². The quantitative estimate of drug-likeness (QED) is 0.469. The van der Waals surface area contributed by atoms with Crippen LogP contribution in [0.1, 0.15) is 42.9 Å². The van der Waals surface area contributed by atoms with Crippen LogP contribution in [0, 0.1) is 16.0 Å². The van der Waals surface area contributed by atoms with Crippen molar-refractivity contribution >= 4 is 23.3 Å². The van der Waals surface area contributed by atoms with Crippen molar-refractivity contribution in [2.45, 2.75) is 32.9 Å². The molecule has 9 heteroatoms. The molecular formula is C19H22N4O5. The van der Waals surface area contributed by atoms with Crippen LogP contribution in [0.25, 0.3) is 0 Å². The van der Waals surface area contributed by atoms with E-state index in [0.29, 0.717) is 5.69 Å². The lowest BCUT2D eigenvalue weighted by atomic mass is 10.0. The minimum absolute atomic E-state index is 0.00893. The van der Waals surface area contributed by atoms with Crippen LogP contribution in [-0.4, -0.2) is 32.9 Å².